The monoisotopic (exact) mass is 882 g/mol. The van der Waals surface area contributed by atoms with Gasteiger partial charge in [-0.3, -0.25) is 0 Å². The first-order chi connectivity index (χ1) is 34.6. The van der Waals surface area contributed by atoms with Gasteiger partial charge in [0.1, 0.15) is 0 Å². The van der Waals surface area contributed by atoms with Crippen molar-refractivity contribution in [2.75, 3.05) is 0 Å². The van der Waals surface area contributed by atoms with E-state index in [9.17, 15) is 0 Å². The van der Waals surface area contributed by atoms with Crippen LogP contribution in [-0.2, 0) is 0 Å². The molecule has 0 bridgehead atoms. The third kappa shape index (κ3) is 11.7. The van der Waals surface area contributed by atoms with Gasteiger partial charge in [0, 0.05) is 55.6 Å². The Kier molecular flexibility index (Phi) is 13.5. The summed E-state index contributed by atoms with van der Waals surface area (Å²) in [6.07, 6.45) is 0. The van der Waals surface area contributed by atoms with Crippen molar-refractivity contribution < 1.29 is 0 Å². The zero-order chi connectivity index (χ0) is 47.2. The average Bonchev–Trinajstić information content (AvgIpc) is 3.44. The number of hydrogen-bond acceptors (Lipinski definition) is 0. The van der Waals surface area contributed by atoms with Crippen LogP contribution < -0.4 is 0 Å². The van der Waals surface area contributed by atoms with E-state index in [1.165, 1.54) is 0 Å². The van der Waals surface area contributed by atoms with Gasteiger partial charge in [0.2, 0.25) is 0 Å². The van der Waals surface area contributed by atoms with E-state index in [2.05, 4.69) is 253 Å². The van der Waals surface area contributed by atoms with Gasteiger partial charge in [0.05, 0.1) is 0 Å². The van der Waals surface area contributed by atoms with E-state index in [1.807, 2.05) is 60.7 Å². The molecule has 0 radical (unpaired) electrons. The molecular formula is C70H42. The van der Waals surface area contributed by atoms with Gasteiger partial charge in [0.15, 0.2) is 0 Å². The first-order valence-corrected chi connectivity index (χ1v) is 23.1. The molecule has 0 aromatic heterocycles. The Morgan fingerprint density at radius 3 is 0.357 bits per heavy atom. The van der Waals surface area contributed by atoms with Crippen molar-refractivity contribution in [1.82, 2.24) is 0 Å². The summed E-state index contributed by atoms with van der Waals surface area (Å²) in [4.78, 5) is 0. The van der Waals surface area contributed by atoms with E-state index < -0.39 is 0 Å². The molecule has 0 amide bonds. The van der Waals surface area contributed by atoms with E-state index in [4.69, 9.17) is 0 Å². The largest absolute Gasteiger partial charge is 0.0622 e. The van der Waals surface area contributed by atoms with E-state index in [-0.39, 0.29) is 0 Å². The van der Waals surface area contributed by atoms with E-state index in [0.717, 1.165) is 100 Å². The predicted octanol–water partition coefficient (Wildman–Crippen LogP) is 15.4. The van der Waals surface area contributed by atoms with Crippen LogP contribution in [0.5, 0.6) is 0 Å². The summed E-state index contributed by atoms with van der Waals surface area (Å²) in [5.41, 5.74) is 19.0. The minimum Gasteiger partial charge on any atom is -0.0622 e. The van der Waals surface area contributed by atoms with Crippen molar-refractivity contribution >= 4 is 0 Å². The van der Waals surface area contributed by atoms with E-state index in [0.29, 0.717) is 0 Å². The molecule has 0 spiro atoms. The second-order valence-corrected chi connectivity index (χ2v) is 16.6. The summed E-state index contributed by atoms with van der Waals surface area (Å²) >= 11 is 0. The lowest BCUT2D eigenvalue weighted by Gasteiger charge is -2.03. The molecule has 0 aliphatic heterocycles. The second-order valence-electron chi connectivity index (χ2n) is 16.6. The minimum atomic E-state index is 0.967. The van der Waals surface area contributed by atoms with Crippen LogP contribution in [0.1, 0.15) is 55.6 Å². The Morgan fingerprint density at radius 1 is 0.114 bits per heavy atom. The Morgan fingerprint density at radius 2 is 0.229 bits per heavy atom. The van der Waals surface area contributed by atoms with Crippen molar-refractivity contribution in [2.24, 2.45) is 0 Å². The van der Waals surface area contributed by atoms with E-state index in [1.54, 1.807) is 0 Å². The van der Waals surface area contributed by atoms with Gasteiger partial charge in [-0.2, -0.15) is 0 Å². The van der Waals surface area contributed by atoms with Gasteiger partial charge in [-0.05, 0) is 166 Å². The predicted molar refractivity (Wildman–Crippen MR) is 290 cm³/mol. The lowest BCUT2D eigenvalue weighted by molar-refractivity contribution is 1.56. The molecule has 10 aromatic rings. The van der Waals surface area contributed by atoms with Gasteiger partial charge in [-0.15, -0.1) is 0 Å². The molecule has 10 aromatic carbocycles. The molecule has 10 rings (SSSR count). The maximum absolute atomic E-state index is 3.33. The van der Waals surface area contributed by atoms with Crippen molar-refractivity contribution in [3.63, 3.8) is 0 Å². The molecule has 0 aliphatic rings. The molecule has 0 fully saturated rings. The highest BCUT2D eigenvalue weighted by Crippen LogP contribution is 2.24. The Balaban J connectivity index is 0.697. The quantitative estimate of drug-likeness (QED) is 0.155. The van der Waals surface area contributed by atoms with Crippen LogP contribution in [0, 0.1) is 59.2 Å². The molecule has 0 unspecified atom stereocenters. The highest BCUT2D eigenvalue weighted by Gasteiger charge is 2.03. The standard InChI is InChI=1S/C70H42/c1-3-7-53(8-4-1)11-13-55-21-37-63(38-22-55)65-41-25-57(26-42-65)15-17-59-29-45-67(46-30-59)69-49-33-61(34-50-69)19-20-62-35-51-70(52-36-62)68-47-31-60(32-48-68)18-16-58-27-43-66(44-28-58)64-39-23-56(24-40-64)14-12-54-9-5-2-6-10-54/h1-10,21-52H. The first-order valence-electron chi connectivity index (χ1n) is 23.1. The fourth-order valence-corrected chi connectivity index (χ4v) is 7.73. The topological polar surface area (TPSA) is 0 Å². The molecular weight excluding hydrogens is 841 g/mol. The summed E-state index contributed by atoms with van der Waals surface area (Å²) < 4.78 is 0. The van der Waals surface area contributed by atoms with Crippen molar-refractivity contribution in [3.05, 3.63) is 310 Å². The maximum atomic E-state index is 3.33. The van der Waals surface area contributed by atoms with Crippen LogP contribution in [0.2, 0.25) is 0 Å². The SMILES string of the molecule is C(#Cc1ccc(-c2ccc(C#Cc3ccc(-c4ccc(C#Cc5ccc(-c6ccc(C#Cc7ccc(-c8ccc(C#Cc9ccccc9)cc8)cc7)cc6)cc5)cc4)cc3)cc2)cc1)c1ccccc1. The minimum absolute atomic E-state index is 0.967. The van der Waals surface area contributed by atoms with Gasteiger partial charge in [0.25, 0.3) is 0 Å². The zero-order valence-electron chi connectivity index (χ0n) is 38.2. The average molecular weight is 883 g/mol. The second kappa shape index (κ2) is 21.5. The number of rotatable bonds is 4. The molecule has 0 atom stereocenters. The van der Waals surface area contributed by atoms with Crippen LogP contribution >= 0.6 is 0 Å². The van der Waals surface area contributed by atoms with Crippen molar-refractivity contribution in [1.29, 1.82) is 0 Å². The maximum Gasteiger partial charge on any atom is 0.0249 e. The highest BCUT2D eigenvalue weighted by atomic mass is 14.1. The van der Waals surface area contributed by atoms with Crippen LogP contribution in [0.3, 0.4) is 0 Å². The highest BCUT2D eigenvalue weighted by molar-refractivity contribution is 5.70. The van der Waals surface area contributed by atoms with Crippen LogP contribution in [0.25, 0.3) is 44.5 Å². The number of benzene rings is 10. The van der Waals surface area contributed by atoms with Gasteiger partial charge < -0.3 is 0 Å². The van der Waals surface area contributed by atoms with Crippen LogP contribution in [0.4, 0.5) is 0 Å². The lowest BCUT2D eigenvalue weighted by Crippen LogP contribution is -1.83. The van der Waals surface area contributed by atoms with Gasteiger partial charge in [-0.25, -0.2) is 0 Å². The van der Waals surface area contributed by atoms with Crippen molar-refractivity contribution in [2.45, 2.75) is 0 Å². The van der Waals surface area contributed by atoms with Gasteiger partial charge in [-0.1, -0.05) is 193 Å². The smallest absolute Gasteiger partial charge is 0.0249 e. The van der Waals surface area contributed by atoms with Crippen LogP contribution in [-0.4, -0.2) is 0 Å². The van der Waals surface area contributed by atoms with Crippen LogP contribution in [0.15, 0.2) is 255 Å². The Labute approximate surface area is 412 Å². The molecule has 70 heavy (non-hydrogen) atoms. The molecule has 0 saturated heterocycles. The molecule has 0 saturated carbocycles. The fraction of sp³-hybridized carbons (Fsp3) is 0. The Hall–Kier alpha value is -10.0. The zero-order valence-corrected chi connectivity index (χ0v) is 38.2. The molecule has 0 heteroatoms. The normalized spacial score (nSPS) is 10.0. The molecule has 0 nitrogen and oxygen atoms in total. The summed E-state index contributed by atoms with van der Waals surface area (Å²) in [5, 5.41) is 0. The lowest BCUT2D eigenvalue weighted by atomic mass is 10.0. The van der Waals surface area contributed by atoms with Crippen molar-refractivity contribution in [3.8, 4) is 104 Å². The molecule has 322 valence electrons. The molecule has 0 heterocycles. The third-order valence-electron chi connectivity index (χ3n) is 11.7. The summed E-state index contributed by atoms with van der Waals surface area (Å²) in [7, 11) is 0. The molecule has 0 aliphatic carbocycles. The Bertz CT molecular complexity index is 3460. The third-order valence-corrected chi connectivity index (χ3v) is 11.7. The number of hydrogen-bond donors (Lipinski definition) is 0. The first kappa shape index (κ1) is 43.9. The molecule has 0 N–H and O–H groups in total. The summed E-state index contributed by atoms with van der Waals surface area (Å²) in [5.74, 6) is 32.9. The fourth-order valence-electron chi connectivity index (χ4n) is 7.73. The summed E-state index contributed by atoms with van der Waals surface area (Å²) in [6, 6.07) is 87.2. The van der Waals surface area contributed by atoms with Gasteiger partial charge >= 0.3 is 0 Å². The summed E-state index contributed by atoms with van der Waals surface area (Å²) in [6.45, 7) is 0. The van der Waals surface area contributed by atoms with E-state index >= 15 is 0 Å².